The summed E-state index contributed by atoms with van der Waals surface area (Å²) in [5, 5.41) is 2.73. The normalized spacial score (nSPS) is 25.5. The highest BCUT2D eigenvalue weighted by atomic mass is 19.3. The minimum absolute atomic E-state index is 0.135. The first-order valence-corrected chi connectivity index (χ1v) is 5.61. The first kappa shape index (κ1) is 13.8. The van der Waals surface area contributed by atoms with E-state index in [1.807, 2.05) is 27.7 Å². The molecule has 1 heterocycles. The molecule has 1 rings (SSSR count). The van der Waals surface area contributed by atoms with Crippen LogP contribution in [-0.2, 0) is 0 Å². The van der Waals surface area contributed by atoms with Crippen LogP contribution in [0.4, 0.5) is 8.78 Å². The van der Waals surface area contributed by atoms with E-state index in [-0.39, 0.29) is 6.54 Å². The Morgan fingerprint density at radius 2 is 1.93 bits per heavy atom. The van der Waals surface area contributed by atoms with E-state index in [9.17, 15) is 8.78 Å². The third kappa shape index (κ3) is 4.36. The van der Waals surface area contributed by atoms with E-state index >= 15 is 0 Å². The molecule has 1 N–H and O–H groups in total. The second kappa shape index (κ2) is 6.33. The van der Waals surface area contributed by atoms with Crippen LogP contribution < -0.4 is 5.32 Å². The lowest BCUT2D eigenvalue weighted by Gasteiger charge is -2.32. The molecule has 0 aliphatic carbocycles. The second-order valence-corrected chi connectivity index (χ2v) is 4.05. The van der Waals surface area contributed by atoms with Gasteiger partial charge in [0, 0.05) is 5.92 Å². The average Bonchev–Trinajstić information content (AvgIpc) is 2.11. The number of piperidine rings is 1. The van der Waals surface area contributed by atoms with Crippen molar-refractivity contribution >= 4 is 0 Å². The van der Waals surface area contributed by atoms with Gasteiger partial charge in [0.25, 0.3) is 5.92 Å². The van der Waals surface area contributed by atoms with Crippen LogP contribution in [0.1, 0.15) is 40.5 Å². The van der Waals surface area contributed by atoms with Gasteiger partial charge in [0.2, 0.25) is 0 Å². The summed E-state index contributed by atoms with van der Waals surface area (Å²) in [6.45, 7) is 8.60. The minimum Gasteiger partial charge on any atom is -0.311 e. The van der Waals surface area contributed by atoms with Crippen molar-refractivity contribution in [3.63, 3.8) is 0 Å². The molecule has 1 atom stereocenters. The van der Waals surface area contributed by atoms with Crippen molar-refractivity contribution in [3.8, 4) is 0 Å². The van der Waals surface area contributed by atoms with Crippen molar-refractivity contribution in [1.82, 2.24) is 5.32 Å². The number of hydrogen-bond donors (Lipinski definition) is 1. The zero-order chi connectivity index (χ0) is 11.2. The van der Waals surface area contributed by atoms with Gasteiger partial charge in [-0.1, -0.05) is 27.7 Å². The minimum atomic E-state index is -2.48. The largest absolute Gasteiger partial charge is 0.311 e. The Labute approximate surface area is 86.3 Å². The highest BCUT2D eigenvalue weighted by Gasteiger charge is 2.41. The van der Waals surface area contributed by atoms with Crippen molar-refractivity contribution in [2.24, 2.45) is 11.8 Å². The van der Waals surface area contributed by atoms with Crippen molar-refractivity contribution in [2.45, 2.75) is 46.5 Å². The Kier molecular flexibility index (Phi) is 6.25. The molecule has 1 fully saturated rings. The van der Waals surface area contributed by atoms with E-state index in [2.05, 4.69) is 5.32 Å². The Hall–Kier alpha value is -0.180. The smallest absolute Gasteiger partial charge is 0.263 e. The molecule has 1 aliphatic heterocycles. The number of alkyl halides is 2. The summed E-state index contributed by atoms with van der Waals surface area (Å²) in [7, 11) is 0. The standard InChI is InChI=1S/C9H17F2N.C2H6/c1-7(2)5-8-3-4-12-6-9(8,10)11;1-2/h7-8,12H,3-6H2,1-2H3;1-2H3. The second-order valence-electron chi connectivity index (χ2n) is 4.05. The molecule has 1 aliphatic rings. The van der Waals surface area contributed by atoms with Gasteiger partial charge in [0.1, 0.15) is 0 Å². The molecule has 1 nitrogen and oxygen atoms in total. The fourth-order valence-corrected chi connectivity index (χ4v) is 1.75. The predicted molar refractivity (Wildman–Crippen MR) is 56.7 cm³/mol. The Morgan fingerprint density at radius 1 is 1.36 bits per heavy atom. The van der Waals surface area contributed by atoms with Crippen molar-refractivity contribution in [2.75, 3.05) is 13.1 Å². The highest BCUT2D eigenvalue weighted by Crippen LogP contribution is 2.33. The fourth-order valence-electron chi connectivity index (χ4n) is 1.75. The molecule has 86 valence electrons. The third-order valence-corrected chi connectivity index (χ3v) is 2.38. The molecule has 0 aromatic carbocycles. The number of rotatable bonds is 2. The topological polar surface area (TPSA) is 12.0 Å². The zero-order valence-electron chi connectivity index (χ0n) is 9.74. The molecule has 3 heteroatoms. The molecule has 0 amide bonds. The van der Waals surface area contributed by atoms with E-state index in [0.717, 1.165) is 6.54 Å². The van der Waals surface area contributed by atoms with E-state index in [1.54, 1.807) is 0 Å². The summed E-state index contributed by atoms with van der Waals surface area (Å²) in [5.41, 5.74) is 0. The molecular formula is C11H23F2N. The van der Waals surface area contributed by atoms with E-state index in [0.29, 0.717) is 18.8 Å². The van der Waals surface area contributed by atoms with Crippen LogP contribution in [0, 0.1) is 11.8 Å². The Morgan fingerprint density at radius 3 is 2.36 bits per heavy atom. The first-order chi connectivity index (χ1) is 6.52. The molecule has 0 radical (unpaired) electrons. The number of hydrogen-bond acceptors (Lipinski definition) is 1. The van der Waals surface area contributed by atoms with Gasteiger partial charge in [-0.25, -0.2) is 8.78 Å². The lowest BCUT2D eigenvalue weighted by Crippen LogP contribution is -2.46. The third-order valence-electron chi connectivity index (χ3n) is 2.38. The SMILES string of the molecule is CC.CC(C)CC1CCNCC1(F)F. The summed E-state index contributed by atoms with van der Waals surface area (Å²) in [6.07, 6.45) is 1.26. The first-order valence-electron chi connectivity index (χ1n) is 5.61. The summed E-state index contributed by atoms with van der Waals surface area (Å²) >= 11 is 0. The van der Waals surface area contributed by atoms with Gasteiger partial charge in [-0.2, -0.15) is 0 Å². The lowest BCUT2D eigenvalue weighted by atomic mass is 9.86. The molecule has 14 heavy (non-hydrogen) atoms. The Balaban J connectivity index is 0.000000791. The van der Waals surface area contributed by atoms with Crippen molar-refractivity contribution in [1.29, 1.82) is 0 Å². The fraction of sp³-hybridized carbons (Fsp3) is 1.00. The quantitative estimate of drug-likeness (QED) is 0.732. The summed E-state index contributed by atoms with van der Waals surface area (Å²) in [6, 6.07) is 0. The van der Waals surface area contributed by atoms with Gasteiger partial charge < -0.3 is 5.32 Å². The van der Waals surface area contributed by atoms with Gasteiger partial charge in [-0.3, -0.25) is 0 Å². The van der Waals surface area contributed by atoms with Crippen molar-refractivity contribution < 1.29 is 8.78 Å². The van der Waals surface area contributed by atoms with Gasteiger partial charge >= 0.3 is 0 Å². The van der Waals surface area contributed by atoms with Crippen LogP contribution in [0.5, 0.6) is 0 Å². The van der Waals surface area contributed by atoms with Crippen LogP contribution in [-0.4, -0.2) is 19.0 Å². The monoisotopic (exact) mass is 207 g/mol. The summed E-state index contributed by atoms with van der Waals surface area (Å²) in [4.78, 5) is 0. The maximum absolute atomic E-state index is 13.2. The van der Waals surface area contributed by atoms with Crippen LogP contribution >= 0.6 is 0 Å². The van der Waals surface area contributed by atoms with Gasteiger partial charge in [-0.15, -0.1) is 0 Å². The molecule has 1 unspecified atom stereocenters. The van der Waals surface area contributed by atoms with Crippen LogP contribution in [0.15, 0.2) is 0 Å². The van der Waals surface area contributed by atoms with Gasteiger partial charge in [0.15, 0.2) is 0 Å². The molecular weight excluding hydrogens is 184 g/mol. The van der Waals surface area contributed by atoms with Gasteiger partial charge in [0.05, 0.1) is 6.54 Å². The average molecular weight is 207 g/mol. The predicted octanol–water partition coefficient (Wildman–Crippen LogP) is 3.30. The lowest BCUT2D eigenvalue weighted by molar-refractivity contribution is -0.0796. The maximum Gasteiger partial charge on any atom is 0.263 e. The van der Waals surface area contributed by atoms with E-state index in [1.165, 1.54) is 0 Å². The summed E-state index contributed by atoms with van der Waals surface area (Å²) in [5.74, 6) is -2.51. The summed E-state index contributed by atoms with van der Waals surface area (Å²) < 4.78 is 26.3. The van der Waals surface area contributed by atoms with Crippen molar-refractivity contribution in [3.05, 3.63) is 0 Å². The number of nitrogens with one attached hydrogen (secondary N) is 1. The highest BCUT2D eigenvalue weighted by molar-refractivity contribution is 4.84. The van der Waals surface area contributed by atoms with E-state index in [4.69, 9.17) is 0 Å². The Bertz CT molecular complexity index is 146. The molecule has 0 saturated carbocycles. The number of halogens is 2. The van der Waals surface area contributed by atoms with Crippen LogP contribution in [0.2, 0.25) is 0 Å². The molecule has 0 bridgehead atoms. The van der Waals surface area contributed by atoms with Crippen LogP contribution in [0.3, 0.4) is 0 Å². The van der Waals surface area contributed by atoms with Crippen LogP contribution in [0.25, 0.3) is 0 Å². The van der Waals surface area contributed by atoms with Gasteiger partial charge in [-0.05, 0) is 25.3 Å². The molecule has 0 spiro atoms. The molecule has 0 aromatic rings. The van der Waals surface area contributed by atoms with E-state index < -0.39 is 11.8 Å². The maximum atomic E-state index is 13.2. The zero-order valence-corrected chi connectivity index (χ0v) is 9.74. The molecule has 1 saturated heterocycles. The molecule has 0 aromatic heterocycles.